The van der Waals surface area contributed by atoms with Crippen LogP contribution in [0.5, 0.6) is 0 Å². The Bertz CT molecular complexity index is 786. The van der Waals surface area contributed by atoms with E-state index in [-0.39, 0.29) is 0 Å². The molecule has 1 N–H and O–H groups in total. The number of rotatable bonds is 5. The number of benzene rings is 1. The van der Waals surface area contributed by atoms with Crippen LogP contribution >= 0.6 is 0 Å². The van der Waals surface area contributed by atoms with Crippen LogP contribution in [0, 0.1) is 34.6 Å². The first-order valence-corrected chi connectivity index (χ1v) is 9.05. The van der Waals surface area contributed by atoms with Crippen molar-refractivity contribution in [2.24, 2.45) is 0 Å². The molecule has 0 fully saturated rings. The minimum Gasteiger partial charge on any atom is -0.261 e. The van der Waals surface area contributed by atoms with Gasteiger partial charge >= 0.3 is 0 Å². The van der Waals surface area contributed by atoms with Gasteiger partial charge in [-0.15, -0.1) is 0 Å². The van der Waals surface area contributed by atoms with Gasteiger partial charge in [-0.05, 0) is 62.4 Å². The van der Waals surface area contributed by atoms with Crippen molar-refractivity contribution in [2.75, 3.05) is 6.54 Å². The SMILES string of the molecule is Cc1c(C)c(C)c(S(=O)(=O)NCCc2cnccn2)c(C)c1C. The highest BCUT2D eigenvalue weighted by molar-refractivity contribution is 7.89. The van der Waals surface area contributed by atoms with E-state index in [1.54, 1.807) is 18.6 Å². The van der Waals surface area contributed by atoms with Crippen LogP contribution in [-0.2, 0) is 16.4 Å². The van der Waals surface area contributed by atoms with Crippen molar-refractivity contribution in [3.63, 3.8) is 0 Å². The van der Waals surface area contributed by atoms with E-state index in [2.05, 4.69) is 14.7 Å². The first kappa shape index (κ1) is 17.6. The Labute approximate surface area is 138 Å². The van der Waals surface area contributed by atoms with Crippen LogP contribution in [0.3, 0.4) is 0 Å². The van der Waals surface area contributed by atoms with E-state index in [1.807, 2.05) is 34.6 Å². The van der Waals surface area contributed by atoms with E-state index < -0.39 is 10.0 Å². The number of hydrogen-bond acceptors (Lipinski definition) is 4. The molecule has 0 aliphatic heterocycles. The van der Waals surface area contributed by atoms with Gasteiger partial charge in [0.15, 0.2) is 0 Å². The van der Waals surface area contributed by atoms with Crippen molar-refractivity contribution in [1.82, 2.24) is 14.7 Å². The van der Waals surface area contributed by atoms with Gasteiger partial charge in [-0.1, -0.05) is 0 Å². The first-order chi connectivity index (χ1) is 10.8. The van der Waals surface area contributed by atoms with Crippen LogP contribution in [-0.4, -0.2) is 24.9 Å². The lowest BCUT2D eigenvalue weighted by Gasteiger charge is -2.19. The summed E-state index contributed by atoms with van der Waals surface area (Å²) in [4.78, 5) is 8.53. The molecule has 0 bridgehead atoms. The second-order valence-corrected chi connectivity index (χ2v) is 7.50. The Balaban J connectivity index is 2.27. The normalized spacial score (nSPS) is 11.7. The third kappa shape index (κ3) is 3.59. The summed E-state index contributed by atoms with van der Waals surface area (Å²) in [7, 11) is -3.55. The number of sulfonamides is 1. The standard InChI is InChI=1S/C17H23N3O2S/c1-11-12(2)14(4)17(15(5)13(11)3)23(21,22)20-7-6-16-10-18-8-9-19-16/h8-10,20H,6-7H2,1-5H3. The maximum atomic E-state index is 12.7. The van der Waals surface area contributed by atoms with E-state index >= 15 is 0 Å². The van der Waals surface area contributed by atoms with E-state index in [0.29, 0.717) is 17.9 Å². The molecular weight excluding hydrogens is 310 g/mol. The van der Waals surface area contributed by atoms with E-state index in [4.69, 9.17) is 0 Å². The number of aromatic nitrogens is 2. The summed E-state index contributed by atoms with van der Waals surface area (Å²) < 4.78 is 28.1. The topological polar surface area (TPSA) is 72.0 Å². The van der Waals surface area contributed by atoms with Crippen molar-refractivity contribution < 1.29 is 8.42 Å². The van der Waals surface area contributed by atoms with Crippen molar-refractivity contribution in [3.05, 3.63) is 52.1 Å². The fourth-order valence-corrected chi connectivity index (χ4v) is 4.34. The number of nitrogens with one attached hydrogen (secondary N) is 1. The minimum absolute atomic E-state index is 0.297. The van der Waals surface area contributed by atoms with Gasteiger partial charge in [-0.3, -0.25) is 9.97 Å². The second-order valence-electron chi connectivity index (χ2n) is 5.80. The molecular formula is C17H23N3O2S. The first-order valence-electron chi connectivity index (χ1n) is 7.57. The van der Waals surface area contributed by atoms with Crippen molar-refractivity contribution in [1.29, 1.82) is 0 Å². The van der Waals surface area contributed by atoms with E-state index in [9.17, 15) is 8.42 Å². The van der Waals surface area contributed by atoms with Crippen LogP contribution in [0.25, 0.3) is 0 Å². The van der Waals surface area contributed by atoms with Crippen LogP contribution in [0.15, 0.2) is 23.5 Å². The van der Waals surface area contributed by atoms with Crippen LogP contribution < -0.4 is 4.72 Å². The maximum absolute atomic E-state index is 12.7. The quantitative estimate of drug-likeness (QED) is 0.913. The Morgan fingerprint density at radius 3 is 2.00 bits per heavy atom. The van der Waals surface area contributed by atoms with Crippen LogP contribution in [0.4, 0.5) is 0 Å². The molecule has 1 heterocycles. The molecule has 1 aromatic heterocycles. The van der Waals surface area contributed by atoms with Gasteiger partial charge < -0.3 is 0 Å². The third-order valence-corrected chi connectivity index (χ3v) is 6.22. The largest absolute Gasteiger partial charge is 0.261 e. The molecule has 5 nitrogen and oxygen atoms in total. The Hall–Kier alpha value is -1.79. The zero-order chi connectivity index (χ0) is 17.2. The summed E-state index contributed by atoms with van der Waals surface area (Å²) in [6.45, 7) is 10.00. The maximum Gasteiger partial charge on any atom is 0.241 e. The van der Waals surface area contributed by atoms with Gasteiger partial charge in [0.25, 0.3) is 0 Å². The molecule has 124 valence electrons. The molecule has 0 spiro atoms. The van der Waals surface area contributed by atoms with Crippen molar-refractivity contribution in [3.8, 4) is 0 Å². The lowest BCUT2D eigenvalue weighted by molar-refractivity contribution is 0.579. The molecule has 0 aliphatic rings. The average Bonchev–Trinajstić information content (AvgIpc) is 2.52. The van der Waals surface area contributed by atoms with Gasteiger partial charge in [0.05, 0.1) is 10.6 Å². The predicted molar refractivity (Wildman–Crippen MR) is 91.1 cm³/mol. The summed E-state index contributed by atoms with van der Waals surface area (Å²) >= 11 is 0. The van der Waals surface area contributed by atoms with Gasteiger partial charge in [0, 0.05) is 31.6 Å². The predicted octanol–water partition coefficient (Wildman–Crippen LogP) is 2.54. The molecule has 0 radical (unpaired) electrons. The highest BCUT2D eigenvalue weighted by Gasteiger charge is 2.23. The van der Waals surface area contributed by atoms with Crippen molar-refractivity contribution in [2.45, 2.75) is 45.9 Å². The third-order valence-electron chi connectivity index (χ3n) is 4.49. The Kier molecular flexibility index (Phi) is 5.16. The Morgan fingerprint density at radius 1 is 0.913 bits per heavy atom. The molecule has 0 atom stereocenters. The van der Waals surface area contributed by atoms with Crippen molar-refractivity contribution >= 4 is 10.0 Å². The van der Waals surface area contributed by atoms with Gasteiger partial charge in [-0.2, -0.15) is 0 Å². The Morgan fingerprint density at radius 2 is 1.48 bits per heavy atom. The van der Waals surface area contributed by atoms with Crippen LogP contribution in [0.1, 0.15) is 33.5 Å². The second kappa shape index (κ2) is 6.76. The molecule has 23 heavy (non-hydrogen) atoms. The summed E-state index contributed by atoms with van der Waals surface area (Å²) in [5, 5.41) is 0. The molecule has 0 aliphatic carbocycles. The summed E-state index contributed by atoms with van der Waals surface area (Å²) in [5.74, 6) is 0. The molecule has 2 rings (SSSR count). The molecule has 0 unspecified atom stereocenters. The average molecular weight is 333 g/mol. The highest BCUT2D eigenvalue weighted by atomic mass is 32.2. The van der Waals surface area contributed by atoms with Gasteiger partial charge in [0.1, 0.15) is 0 Å². The number of hydrogen-bond donors (Lipinski definition) is 1. The zero-order valence-corrected chi connectivity index (χ0v) is 15.1. The summed E-state index contributed by atoms with van der Waals surface area (Å²) in [6.07, 6.45) is 5.35. The molecule has 2 aromatic rings. The van der Waals surface area contributed by atoms with E-state index in [1.165, 1.54) is 0 Å². The van der Waals surface area contributed by atoms with Crippen LogP contribution in [0.2, 0.25) is 0 Å². The zero-order valence-electron chi connectivity index (χ0n) is 14.3. The number of nitrogens with zero attached hydrogens (tertiary/aromatic N) is 2. The fourth-order valence-electron chi connectivity index (χ4n) is 2.71. The minimum atomic E-state index is -3.55. The molecule has 0 saturated heterocycles. The van der Waals surface area contributed by atoms with E-state index in [0.717, 1.165) is 33.5 Å². The van der Waals surface area contributed by atoms with Gasteiger partial charge in [-0.25, -0.2) is 13.1 Å². The smallest absolute Gasteiger partial charge is 0.241 e. The lowest BCUT2D eigenvalue weighted by atomic mass is 9.95. The molecule has 0 amide bonds. The molecule has 6 heteroatoms. The fraction of sp³-hybridized carbons (Fsp3) is 0.412. The molecule has 1 aromatic carbocycles. The molecule has 0 saturated carbocycles. The summed E-state index contributed by atoms with van der Waals surface area (Å²) in [5.41, 5.74) is 5.61. The lowest BCUT2D eigenvalue weighted by Crippen LogP contribution is -2.28. The highest BCUT2D eigenvalue weighted by Crippen LogP contribution is 2.29. The monoisotopic (exact) mass is 333 g/mol. The summed E-state index contributed by atoms with van der Waals surface area (Å²) in [6, 6.07) is 0. The van der Waals surface area contributed by atoms with Gasteiger partial charge in [0.2, 0.25) is 10.0 Å².